The van der Waals surface area contributed by atoms with Crippen LogP contribution in [-0.4, -0.2) is 73.6 Å². The summed E-state index contributed by atoms with van der Waals surface area (Å²) in [4.78, 5) is 17.4. The van der Waals surface area contributed by atoms with E-state index < -0.39 is 22.0 Å². The zero-order valence-corrected chi connectivity index (χ0v) is 19.3. The van der Waals surface area contributed by atoms with Crippen LogP contribution in [0.5, 0.6) is 11.5 Å². The van der Waals surface area contributed by atoms with Crippen molar-refractivity contribution >= 4 is 26.9 Å². The number of piperazine rings is 1. The molecule has 176 valence electrons. The molecule has 1 saturated heterocycles. The Morgan fingerprint density at radius 1 is 1.09 bits per heavy atom. The number of hydrogen-bond donors (Lipinski definition) is 2. The highest BCUT2D eigenvalue weighted by Crippen LogP contribution is 2.32. The summed E-state index contributed by atoms with van der Waals surface area (Å²) in [6.07, 6.45) is 1.70. The van der Waals surface area contributed by atoms with Crippen molar-refractivity contribution in [3.8, 4) is 11.5 Å². The van der Waals surface area contributed by atoms with Crippen LogP contribution in [0.3, 0.4) is 0 Å². The van der Waals surface area contributed by atoms with Crippen molar-refractivity contribution in [3.05, 3.63) is 54.2 Å². The van der Waals surface area contributed by atoms with Crippen LogP contribution >= 0.6 is 0 Å². The first-order valence-electron chi connectivity index (χ1n) is 10.7. The number of ether oxygens (including phenoxy) is 2. The third-order valence-electron chi connectivity index (χ3n) is 5.86. The lowest BCUT2D eigenvalue weighted by Crippen LogP contribution is -2.50. The molecule has 1 atom stereocenters. The van der Waals surface area contributed by atoms with Gasteiger partial charge in [-0.25, -0.2) is 8.42 Å². The molecule has 2 aromatic carbocycles. The van der Waals surface area contributed by atoms with Crippen LogP contribution in [0.1, 0.15) is 18.5 Å². The second kappa shape index (κ2) is 9.42. The summed E-state index contributed by atoms with van der Waals surface area (Å²) in [5.74, 6) is 0.265. The van der Waals surface area contributed by atoms with Gasteiger partial charge in [-0.2, -0.15) is 4.31 Å². The van der Waals surface area contributed by atoms with Gasteiger partial charge < -0.3 is 19.6 Å². The molecule has 0 radical (unpaired) electrons. The number of benzene rings is 2. The van der Waals surface area contributed by atoms with E-state index in [2.05, 4.69) is 4.98 Å². The van der Waals surface area contributed by atoms with E-state index in [0.717, 1.165) is 10.9 Å². The van der Waals surface area contributed by atoms with Gasteiger partial charge in [-0.05, 0) is 49.4 Å². The first kappa shape index (κ1) is 23.1. The summed E-state index contributed by atoms with van der Waals surface area (Å²) >= 11 is 0. The van der Waals surface area contributed by atoms with E-state index in [-0.39, 0.29) is 18.0 Å². The van der Waals surface area contributed by atoms with E-state index in [1.807, 2.05) is 25.1 Å². The van der Waals surface area contributed by atoms with Gasteiger partial charge >= 0.3 is 5.97 Å². The molecule has 4 rings (SSSR count). The number of aromatic nitrogens is 1. The number of sulfonamides is 1. The van der Waals surface area contributed by atoms with E-state index in [1.165, 1.54) is 16.4 Å². The number of carboxylic acid groups (broad SMARTS) is 1. The van der Waals surface area contributed by atoms with Gasteiger partial charge in [0.05, 0.1) is 18.6 Å². The molecular weight excluding hydrogens is 446 g/mol. The predicted octanol–water partition coefficient (Wildman–Crippen LogP) is 2.71. The van der Waals surface area contributed by atoms with E-state index in [0.29, 0.717) is 36.8 Å². The van der Waals surface area contributed by atoms with E-state index in [1.54, 1.807) is 30.3 Å². The summed E-state index contributed by atoms with van der Waals surface area (Å²) in [7, 11) is -2.12. The second-order valence-electron chi connectivity index (χ2n) is 7.74. The summed E-state index contributed by atoms with van der Waals surface area (Å²) in [5, 5.41) is 10.8. The molecule has 0 aliphatic carbocycles. The lowest BCUT2D eigenvalue weighted by molar-refractivity contribution is -0.144. The van der Waals surface area contributed by atoms with Gasteiger partial charge in [0.1, 0.15) is 17.5 Å². The van der Waals surface area contributed by atoms with Crippen LogP contribution in [0.4, 0.5) is 0 Å². The maximum atomic E-state index is 13.1. The predicted molar refractivity (Wildman–Crippen MR) is 123 cm³/mol. The molecule has 0 spiro atoms. The standard InChI is InChI=1S/C23H27N3O6S/c1-3-32-16-4-7-18(8-5-16)33(29,30)26-12-10-25(11-13-26)22(23(27)28)20-15-24-21-9-6-17(31-2)14-19(20)21/h4-9,14-15,22,24H,3,10-13H2,1-2H3,(H,27,28)/t22-/m0/s1. The summed E-state index contributed by atoms with van der Waals surface area (Å²) in [6, 6.07) is 10.9. The average molecular weight is 474 g/mol. The second-order valence-corrected chi connectivity index (χ2v) is 9.68. The summed E-state index contributed by atoms with van der Waals surface area (Å²) < 4.78 is 38.2. The molecule has 1 aromatic heterocycles. The Morgan fingerprint density at radius 3 is 2.36 bits per heavy atom. The Morgan fingerprint density at radius 2 is 1.76 bits per heavy atom. The lowest BCUT2D eigenvalue weighted by atomic mass is 10.0. The fourth-order valence-electron chi connectivity index (χ4n) is 4.19. The molecule has 1 fully saturated rings. The zero-order chi connectivity index (χ0) is 23.6. The van der Waals surface area contributed by atoms with Crippen LogP contribution < -0.4 is 9.47 Å². The molecule has 0 amide bonds. The van der Waals surface area contributed by atoms with Gasteiger partial charge in [-0.3, -0.25) is 9.69 Å². The lowest BCUT2D eigenvalue weighted by Gasteiger charge is -2.37. The number of aliphatic carboxylic acids is 1. The molecule has 1 aliphatic rings. The number of hydrogen-bond acceptors (Lipinski definition) is 6. The Bertz CT molecular complexity index is 1230. The molecule has 33 heavy (non-hydrogen) atoms. The SMILES string of the molecule is CCOc1ccc(S(=O)(=O)N2CCN([C@H](C(=O)O)c3c[nH]c4ccc(OC)cc34)CC2)cc1. The number of aromatic amines is 1. The average Bonchev–Trinajstić information content (AvgIpc) is 3.22. The maximum absolute atomic E-state index is 13.1. The Balaban J connectivity index is 1.52. The summed E-state index contributed by atoms with van der Waals surface area (Å²) in [6.45, 7) is 3.35. The largest absolute Gasteiger partial charge is 0.497 e. The number of H-pyrrole nitrogens is 1. The summed E-state index contributed by atoms with van der Waals surface area (Å²) in [5.41, 5.74) is 1.44. The Kier molecular flexibility index (Phi) is 6.59. The molecule has 3 aromatic rings. The van der Waals surface area contributed by atoms with Crippen molar-refractivity contribution in [2.24, 2.45) is 0 Å². The molecule has 0 saturated carbocycles. The van der Waals surface area contributed by atoms with Crippen LogP contribution in [0.2, 0.25) is 0 Å². The van der Waals surface area contributed by atoms with Gasteiger partial charge in [-0.1, -0.05) is 0 Å². The van der Waals surface area contributed by atoms with Crippen LogP contribution in [-0.2, 0) is 14.8 Å². The highest BCUT2D eigenvalue weighted by atomic mass is 32.2. The van der Waals surface area contributed by atoms with Crippen molar-refractivity contribution in [1.82, 2.24) is 14.2 Å². The van der Waals surface area contributed by atoms with Gasteiger partial charge in [-0.15, -0.1) is 0 Å². The fourth-order valence-corrected chi connectivity index (χ4v) is 5.61. The minimum Gasteiger partial charge on any atom is -0.497 e. The molecular formula is C23H27N3O6S. The topological polar surface area (TPSA) is 112 Å². The van der Waals surface area contributed by atoms with E-state index in [4.69, 9.17) is 9.47 Å². The molecule has 1 aliphatic heterocycles. The molecule has 9 nitrogen and oxygen atoms in total. The van der Waals surface area contributed by atoms with Crippen molar-refractivity contribution in [2.75, 3.05) is 39.9 Å². The number of carbonyl (C=O) groups is 1. The van der Waals surface area contributed by atoms with Gasteiger partial charge in [0.2, 0.25) is 10.0 Å². The fraction of sp³-hybridized carbons (Fsp3) is 0.348. The first-order valence-corrected chi connectivity index (χ1v) is 12.1. The Labute approximate surface area is 192 Å². The van der Waals surface area contributed by atoms with Gasteiger partial charge in [0.25, 0.3) is 0 Å². The quantitative estimate of drug-likeness (QED) is 0.517. The minimum atomic E-state index is -3.68. The molecule has 2 heterocycles. The molecule has 0 bridgehead atoms. The molecule has 2 N–H and O–H groups in total. The van der Waals surface area contributed by atoms with Crippen LogP contribution in [0.25, 0.3) is 10.9 Å². The normalized spacial score (nSPS) is 16.5. The number of methoxy groups -OCH3 is 1. The van der Waals surface area contributed by atoms with Crippen molar-refractivity contribution in [3.63, 3.8) is 0 Å². The zero-order valence-electron chi connectivity index (χ0n) is 18.5. The Hall–Kier alpha value is -3.08. The number of nitrogens with one attached hydrogen (secondary N) is 1. The van der Waals surface area contributed by atoms with Crippen molar-refractivity contribution < 1.29 is 27.8 Å². The monoisotopic (exact) mass is 473 g/mol. The van der Waals surface area contributed by atoms with Crippen LogP contribution in [0, 0.1) is 0 Å². The number of rotatable bonds is 8. The van der Waals surface area contributed by atoms with Crippen molar-refractivity contribution in [2.45, 2.75) is 17.9 Å². The third kappa shape index (κ3) is 4.54. The van der Waals surface area contributed by atoms with E-state index in [9.17, 15) is 18.3 Å². The molecule has 10 heteroatoms. The van der Waals surface area contributed by atoms with E-state index >= 15 is 0 Å². The van der Waals surface area contributed by atoms with Gasteiger partial charge in [0.15, 0.2) is 0 Å². The van der Waals surface area contributed by atoms with Crippen molar-refractivity contribution in [1.29, 1.82) is 0 Å². The highest BCUT2D eigenvalue weighted by molar-refractivity contribution is 7.89. The number of fused-ring (bicyclic) bond motifs is 1. The molecule has 0 unspecified atom stereocenters. The maximum Gasteiger partial charge on any atom is 0.325 e. The highest BCUT2D eigenvalue weighted by Gasteiger charge is 2.35. The first-order chi connectivity index (χ1) is 15.8. The van der Waals surface area contributed by atoms with Gasteiger partial charge in [0, 0.05) is 48.8 Å². The smallest absolute Gasteiger partial charge is 0.325 e. The minimum absolute atomic E-state index is 0.193. The van der Waals surface area contributed by atoms with Crippen LogP contribution in [0.15, 0.2) is 53.6 Å². The third-order valence-corrected chi connectivity index (χ3v) is 7.77. The number of carboxylic acids is 1. The number of nitrogens with zero attached hydrogens (tertiary/aromatic N) is 2.